The minimum Gasteiger partial charge on any atom is -0.387 e. The zero-order chi connectivity index (χ0) is 12.4. The molecule has 0 atom stereocenters. The summed E-state index contributed by atoms with van der Waals surface area (Å²) in [6, 6.07) is 5.72. The molecule has 1 N–H and O–H groups in total. The Hall–Kier alpha value is -0.840. The molecule has 0 saturated heterocycles. The van der Waals surface area contributed by atoms with Gasteiger partial charge < -0.3 is 10.1 Å². The number of rotatable bonds is 3. The van der Waals surface area contributed by atoms with E-state index in [-0.39, 0.29) is 0 Å². The van der Waals surface area contributed by atoms with Crippen LogP contribution < -0.4 is 5.32 Å². The molecule has 5 heteroatoms. The molecule has 0 spiro atoms. The van der Waals surface area contributed by atoms with Crippen molar-refractivity contribution in [2.75, 3.05) is 19.5 Å². The Kier molecular flexibility index (Phi) is 3.86. The van der Waals surface area contributed by atoms with E-state index in [2.05, 4.69) is 26.2 Å². The average molecular weight is 316 g/mol. The number of aromatic nitrogens is 1. The molecule has 0 amide bonds. The summed E-state index contributed by atoms with van der Waals surface area (Å²) in [5.41, 5.74) is 2.61. The Morgan fingerprint density at radius 2 is 2.24 bits per heavy atom. The van der Waals surface area contributed by atoms with Crippen LogP contribution in [0.25, 0.3) is 10.9 Å². The number of methoxy groups -OCH3 is 1. The third-order valence-electron chi connectivity index (χ3n) is 2.48. The maximum atomic E-state index is 6.18. The van der Waals surface area contributed by atoms with Crippen LogP contribution in [0.5, 0.6) is 0 Å². The molecule has 1 heterocycles. The minimum atomic E-state index is 0.466. The lowest BCUT2D eigenvalue weighted by atomic mass is 10.1. The number of hydrogen-bond donors (Lipinski definition) is 1. The van der Waals surface area contributed by atoms with Crippen molar-refractivity contribution in [3.05, 3.63) is 33.4 Å². The highest BCUT2D eigenvalue weighted by Gasteiger charge is 2.11. The van der Waals surface area contributed by atoms with E-state index in [0.717, 1.165) is 26.8 Å². The molecule has 0 saturated carbocycles. The van der Waals surface area contributed by atoms with Crippen molar-refractivity contribution in [2.45, 2.75) is 6.61 Å². The van der Waals surface area contributed by atoms with E-state index in [1.165, 1.54) is 0 Å². The zero-order valence-electron chi connectivity index (χ0n) is 9.55. The molecule has 0 radical (unpaired) electrons. The Balaban J connectivity index is 2.77. The van der Waals surface area contributed by atoms with Crippen molar-refractivity contribution in [1.82, 2.24) is 4.98 Å². The third kappa shape index (κ3) is 2.39. The van der Waals surface area contributed by atoms with Crippen LogP contribution in [0.15, 0.2) is 22.7 Å². The topological polar surface area (TPSA) is 34.1 Å². The van der Waals surface area contributed by atoms with Gasteiger partial charge in [0, 0.05) is 29.7 Å². The van der Waals surface area contributed by atoms with E-state index in [1.54, 1.807) is 7.11 Å². The zero-order valence-corrected chi connectivity index (χ0v) is 11.9. The fourth-order valence-corrected chi connectivity index (χ4v) is 2.47. The molecule has 2 aromatic rings. The van der Waals surface area contributed by atoms with E-state index in [1.807, 2.05) is 25.2 Å². The Labute approximate surface area is 113 Å². The van der Waals surface area contributed by atoms with Crippen molar-refractivity contribution in [2.24, 2.45) is 0 Å². The normalized spacial score (nSPS) is 10.8. The van der Waals surface area contributed by atoms with Gasteiger partial charge in [-0.2, -0.15) is 0 Å². The van der Waals surface area contributed by atoms with Crippen molar-refractivity contribution in [3.8, 4) is 0 Å². The van der Waals surface area contributed by atoms with Crippen LogP contribution in [0.3, 0.4) is 0 Å². The van der Waals surface area contributed by atoms with E-state index >= 15 is 0 Å². The van der Waals surface area contributed by atoms with Gasteiger partial charge in [-0.05, 0) is 18.2 Å². The number of anilines is 1. The fourth-order valence-electron chi connectivity index (χ4n) is 1.74. The summed E-state index contributed by atoms with van der Waals surface area (Å²) in [7, 11) is 3.52. The van der Waals surface area contributed by atoms with Crippen LogP contribution in [0, 0.1) is 0 Å². The first-order valence-corrected chi connectivity index (χ1v) is 6.28. The number of pyridine rings is 1. The van der Waals surface area contributed by atoms with Gasteiger partial charge in [0.05, 0.1) is 22.8 Å². The molecule has 0 unspecified atom stereocenters. The van der Waals surface area contributed by atoms with E-state index < -0.39 is 0 Å². The summed E-state index contributed by atoms with van der Waals surface area (Å²) in [5, 5.41) is 4.78. The second-order valence-electron chi connectivity index (χ2n) is 3.60. The highest BCUT2D eigenvalue weighted by Crippen LogP contribution is 2.34. The first-order valence-electron chi connectivity index (χ1n) is 5.11. The van der Waals surface area contributed by atoms with E-state index in [9.17, 15) is 0 Å². The second-order valence-corrected chi connectivity index (χ2v) is 4.86. The Morgan fingerprint density at radius 1 is 1.47 bits per heavy atom. The summed E-state index contributed by atoms with van der Waals surface area (Å²) < 4.78 is 6.07. The molecule has 1 aromatic carbocycles. The molecule has 1 aromatic heterocycles. The van der Waals surface area contributed by atoms with Gasteiger partial charge in [-0.3, -0.25) is 0 Å². The highest BCUT2D eigenvalue weighted by molar-refractivity contribution is 9.10. The van der Waals surface area contributed by atoms with Crippen LogP contribution in [-0.2, 0) is 11.3 Å². The highest BCUT2D eigenvalue weighted by atomic mass is 79.9. The summed E-state index contributed by atoms with van der Waals surface area (Å²) in [4.78, 5) is 4.51. The van der Waals surface area contributed by atoms with Gasteiger partial charge in [0.15, 0.2) is 0 Å². The van der Waals surface area contributed by atoms with E-state index in [4.69, 9.17) is 16.3 Å². The maximum absolute atomic E-state index is 6.18. The second kappa shape index (κ2) is 5.21. The molecule has 17 heavy (non-hydrogen) atoms. The predicted molar refractivity (Wildman–Crippen MR) is 74.7 cm³/mol. The molecular formula is C12H12BrClN2O. The fraction of sp³-hybridized carbons (Fsp3) is 0.250. The molecule has 3 nitrogen and oxygen atoms in total. The quantitative estimate of drug-likeness (QED) is 0.934. The van der Waals surface area contributed by atoms with Gasteiger partial charge in [0.25, 0.3) is 0 Å². The summed E-state index contributed by atoms with van der Waals surface area (Å²) >= 11 is 9.69. The number of ether oxygens (including phenoxy) is 1. The number of fused-ring (bicyclic) bond motifs is 1. The van der Waals surface area contributed by atoms with Crippen LogP contribution in [0.2, 0.25) is 5.02 Å². The molecule has 0 fully saturated rings. The standard InChI is InChI=1S/C12H12BrClN2O/c1-15-10-5-7(6-17-2)16-12-9(14)4-3-8(13)11(10)12/h3-5H,6H2,1-2H3,(H,15,16). The number of hydrogen-bond acceptors (Lipinski definition) is 3. The Bertz CT molecular complexity index is 560. The molecule has 0 aliphatic heterocycles. The molecule has 2 rings (SSSR count). The van der Waals surface area contributed by atoms with Crippen molar-refractivity contribution in [3.63, 3.8) is 0 Å². The Morgan fingerprint density at radius 3 is 2.88 bits per heavy atom. The number of halogens is 2. The smallest absolute Gasteiger partial charge is 0.0924 e. The third-order valence-corrected chi connectivity index (χ3v) is 3.44. The SMILES string of the molecule is CNc1cc(COC)nc2c(Cl)ccc(Br)c12. The molecule has 0 aliphatic carbocycles. The van der Waals surface area contributed by atoms with E-state index in [0.29, 0.717) is 11.6 Å². The lowest BCUT2D eigenvalue weighted by Crippen LogP contribution is -1.98. The number of benzene rings is 1. The number of nitrogens with zero attached hydrogens (tertiary/aromatic N) is 1. The largest absolute Gasteiger partial charge is 0.387 e. The molecular weight excluding hydrogens is 304 g/mol. The van der Waals surface area contributed by atoms with Gasteiger partial charge in [0.2, 0.25) is 0 Å². The predicted octanol–water partition coefficient (Wildman–Crippen LogP) is 3.84. The molecule has 0 aliphatic rings. The van der Waals surface area contributed by atoms with Crippen molar-refractivity contribution >= 4 is 44.1 Å². The van der Waals surface area contributed by atoms with Crippen molar-refractivity contribution in [1.29, 1.82) is 0 Å². The monoisotopic (exact) mass is 314 g/mol. The first-order chi connectivity index (χ1) is 8.17. The lowest BCUT2D eigenvalue weighted by molar-refractivity contribution is 0.182. The summed E-state index contributed by atoms with van der Waals surface area (Å²) in [6.45, 7) is 0.466. The van der Waals surface area contributed by atoms with Gasteiger partial charge in [-0.25, -0.2) is 4.98 Å². The van der Waals surface area contributed by atoms with Gasteiger partial charge in [-0.15, -0.1) is 0 Å². The van der Waals surface area contributed by atoms with Crippen molar-refractivity contribution < 1.29 is 4.74 Å². The lowest BCUT2D eigenvalue weighted by Gasteiger charge is -2.11. The first kappa shape index (κ1) is 12.6. The summed E-state index contributed by atoms with van der Waals surface area (Å²) in [5.74, 6) is 0. The van der Waals surface area contributed by atoms with Crippen LogP contribution in [0.1, 0.15) is 5.69 Å². The average Bonchev–Trinajstić information content (AvgIpc) is 2.33. The maximum Gasteiger partial charge on any atom is 0.0924 e. The van der Waals surface area contributed by atoms with Gasteiger partial charge >= 0.3 is 0 Å². The van der Waals surface area contributed by atoms with Gasteiger partial charge in [-0.1, -0.05) is 27.5 Å². The van der Waals surface area contributed by atoms with Crippen LogP contribution in [0.4, 0.5) is 5.69 Å². The number of nitrogens with one attached hydrogen (secondary N) is 1. The summed E-state index contributed by atoms with van der Waals surface area (Å²) in [6.07, 6.45) is 0. The van der Waals surface area contributed by atoms with Crippen LogP contribution >= 0.6 is 27.5 Å². The minimum absolute atomic E-state index is 0.466. The van der Waals surface area contributed by atoms with Crippen LogP contribution in [-0.4, -0.2) is 19.1 Å². The molecule has 90 valence electrons. The van der Waals surface area contributed by atoms with Gasteiger partial charge in [0.1, 0.15) is 0 Å². The molecule has 0 bridgehead atoms.